The number of pyridine rings is 1. The summed E-state index contributed by atoms with van der Waals surface area (Å²) in [5.41, 5.74) is 7.33. The monoisotopic (exact) mass is 256 g/mol. The number of nitrogens with zero attached hydrogens (tertiary/aromatic N) is 3. The van der Waals surface area contributed by atoms with Crippen LogP contribution in [0.25, 0.3) is 16.9 Å². The molecule has 4 nitrogen and oxygen atoms in total. The minimum Gasteiger partial charge on any atom is -0.322 e. The first-order chi connectivity index (χ1) is 9.16. The molecule has 0 aliphatic carbocycles. The van der Waals surface area contributed by atoms with Gasteiger partial charge in [0, 0.05) is 12.3 Å². The van der Waals surface area contributed by atoms with Crippen molar-refractivity contribution in [3.63, 3.8) is 0 Å². The van der Waals surface area contributed by atoms with Crippen LogP contribution in [0.15, 0.2) is 42.6 Å². The lowest BCUT2D eigenvalue weighted by Gasteiger charge is -2.10. The van der Waals surface area contributed by atoms with E-state index in [9.17, 15) is 4.39 Å². The molecule has 0 fully saturated rings. The van der Waals surface area contributed by atoms with Crippen molar-refractivity contribution in [1.82, 2.24) is 14.5 Å². The molecule has 0 bridgehead atoms. The van der Waals surface area contributed by atoms with E-state index >= 15 is 0 Å². The molecule has 0 saturated carbocycles. The van der Waals surface area contributed by atoms with Gasteiger partial charge >= 0.3 is 0 Å². The Balaban J connectivity index is 2.35. The maximum absolute atomic E-state index is 13.3. The highest BCUT2D eigenvalue weighted by molar-refractivity contribution is 5.78. The van der Waals surface area contributed by atoms with Gasteiger partial charge in [-0.1, -0.05) is 6.07 Å². The zero-order valence-corrected chi connectivity index (χ0v) is 10.4. The van der Waals surface area contributed by atoms with Crippen molar-refractivity contribution in [2.75, 3.05) is 0 Å². The van der Waals surface area contributed by atoms with Crippen LogP contribution in [0.4, 0.5) is 4.39 Å². The zero-order chi connectivity index (χ0) is 13.4. The van der Waals surface area contributed by atoms with Crippen molar-refractivity contribution in [2.45, 2.75) is 13.0 Å². The molecule has 96 valence electrons. The quantitative estimate of drug-likeness (QED) is 0.766. The number of aromatic nitrogens is 3. The second-order valence-electron chi connectivity index (χ2n) is 4.42. The molecule has 0 aliphatic rings. The van der Waals surface area contributed by atoms with Crippen LogP contribution in [0.2, 0.25) is 0 Å². The lowest BCUT2D eigenvalue weighted by molar-refractivity contribution is 0.629. The Morgan fingerprint density at radius 3 is 2.79 bits per heavy atom. The predicted molar refractivity (Wildman–Crippen MR) is 71.4 cm³/mol. The summed E-state index contributed by atoms with van der Waals surface area (Å²) >= 11 is 0. The van der Waals surface area contributed by atoms with Gasteiger partial charge in [-0.2, -0.15) is 0 Å². The van der Waals surface area contributed by atoms with Crippen LogP contribution in [0.5, 0.6) is 0 Å². The molecule has 2 heterocycles. The summed E-state index contributed by atoms with van der Waals surface area (Å²) in [7, 11) is 0. The summed E-state index contributed by atoms with van der Waals surface area (Å²) in [5, 5.41) is 0. The number of imidazole rings is 1. The number of hydrogen-bond acceptors (Lipinski definition) is 3. The standard InChI is InChI=1S/C14H13FN4/c1-9(16)14-18-11-8-10(15)5-6-12(11)19(14)13-4-2-3-7-17-13/h2-9H,16H2,1H3. The lowest BCUT2D eigenvalue weighted by Crippen LogP contribution is -2.13. The summed E-state index contributed by atoms with van der Waals surface area (Å²) in [6, 6.07) is 9.85. The molecule has 0 spiro atoms. The van der Waals surface area contributed by atoms with Gasteiger partial charge in [0.1, 0.15) is 17.5 Å². The average Bonchev–Trinajstić information content (AvgIpc) is 2.78. The minimum atomic E-state index is -0.311. The van der Waals surface area contributed by atoms with Crippen molar-refractivity contribution in [1.29, 1.82) is 0 Å². The lowest BCUT2D eigenvalue weighted by atomic mass is 10.3. The van der Waals surface area contributed by atoms with E-state index in [0.717, 1.165) is 11.3 Å². The molecule has 1 aromatic carbocycles. The number of hydrogen-bond donors (Lipinski definition) is 1. The van der Waals surface area contributed by atoms with Crippen LogP contribution in [0.1, 0.15) is 18.8 Å². The highest BCUT2D eigenvalue weighted by Gasteiger charge is 2.16. The molecule has 0 amide bonds. The first kappa shape index (κ1) is 11.8. The Kier molecular flexibility index (Phi) is 2.76. The summed E-state index contributed by atoms with van der Waals surface area (Å²) in [6.07, 6.45) is 1.70. The topological polar surface area (TPSA) is 56.7 Å². The van der Waals surface area contributed by atoms with Crippen LogP contribution in [0, 0.1) is 5.82 Å². The minimum absolute atomic E-state index is 0.266. The SMILES string of the molecule is CC(N)c1nc2cc(F)ccc2n1-c1ccccn1. The van der Waals surface area contributed by atoms with E-state index in [1.165, 1.54) is 12.1 Å². The summed E-state index contributed by atoms with van der Waals surface area (Å²) < 4.78 is 15.1. The molecule has 0 radical (unpaired) electrons. The largest absolute Gasteiger partial charge is 0.322 e. The third-order valence-corrected chi connectivity index (χ3v) is 2.93. The molecule has 3 rings (SSSR count). The maximum Gasteiger partial charge on any atom is 0.138 e. The van der Waals surface area contributed by atoms with Crippen molar-refractivity contribution in [2.24, 2.45) is 5.73 Å². The van der Waals surface area contributed by atoms with Crippen LogP contribution < -0.4 is 5.73 Å². The maximum atomic E-state index is 13.3. The van der Waals surface area contributed by atoms with Crippen LogP contribution >= 0.6 is 0 Å². The fourth-order valence-electron chi connectivity index (χ4n) is 2.10. The summed E-state index contributed by atoms with van der Waals surface area (Å²) in [5.74, 6) is 1.08. The first-order valence-electron chi connectivity index (χ1n) is 6.01. The Hall–Kier alpha value is -2.27. The number of fused-ring (bicyclic) bond motifs is 1. The van der Waals surface area contributed by atoms with E-state index in [0.29, 0.717) is 11.3 Å². The smallest absolute Gasteiger partial charge is 0.138 e. The number of nitrogens with two attached hydrogens (primary N) is 1. The zero-order valence-electron chi connectivity index (χ0n) is 10.4. The Bertz CT molecular complexity index is 719. The highest BCUT2D eigenvalue weighted by Crippen LogP contribution is 2.23. The number of rotatable bonds is 2. The summed E-state index contributed by atoms with van der Waals surface area (Å²) in [6.45, 7) is 1.84. The van der Waals surface area contributed by atoms with Gasteiger partial charge in [0.05, 0.1) is 17.1 Å². The normalized spacial score (nSPS) is 12.8. The third kappa shape index (κ3) is 1.98. The van der Waals surface area contributed by atoms with Gasteiger partial charge in [-0.05, 0) is 31.2 Å². The molecule has 0 saturated heterocycles. The van der Waals surface area contributed by atoms with Gasteiger partial charge in [-0.3, -0.25) is 4.57 Å². The van der Waals surface area contributed by atoms with Crippen molar-refractivity contribution in [3.05, 3.63) is 54.2 Å². The van der Waals surface area contributed by atoms with Gasteiger partial charge in [-0.25, -0.2) is 14.4 Å². The molecule has 0 aliphatic heterocycles. The fraction of sp³-hybridized carbons (Fsp3) is 0.143. The molecular weight excluding hydrogens is 243 g/mol. The van der Waals surface area contributed by atoms with E-state index in [4.69, 9.17) is 5.73 Å². The molecule has 1 atom stereocenters. The van der Waals surface area contributed by atoms with Gasteiger partial charge in [0.15, 0.2) is 0 Å². The fourth-order valence-corrected chi connectivity index (χ4v) is 2.10. The van der Waals surface area contributed by atoms with E-state index < -0.39 is 0 Å². The first-order valence-corrected chi connectivity index (χ1v) is 6.01. The van der Waals surface area contributed by atoms with E-state index in [2.05, 4.69) is 9.97 Å². The molecule has 1 unspecified atom stereocenters. The van der Waals surface area contributed by atoms with Gasteiger partial charge in [0.2, 0.25) is 0 Å². The Morgan fingerprint density at radius 2 is 2.11 bits per heavy atom. The van der Waals surface area contributed by atoms with E-state index in [1.807, 2.05) is 29.7 Å². The molecule has 2 aromatic heterocycles. The van der Waals surface area contributed by atoms with Gasteiger partial charge in [0.25, 0.3) is 0 Å². The van der Waals surface area contributed by atoms with Crippen LogP contribution in [0.3, 0.4) is 0 Å². The van der Waals surface area contributed by atoms with Gasteiger partial charge in [-0.15, -0.1) is 0 Å². The average molecular weight is 256 g/mol. The molecule has 5 heteroatoms. The van der Waals surface area contributed by atoms with E-state index in [1.54, 1.807) is 12.3 Å². The van der Waals surface area contributed by atoms with Gasteiger partial charge < -0.3 is 5.73 Å². The molecule has 3 aromatic rings. The molecular formula is C14H13FN4. The number of halogens is 1. The highest BCUT2D eigenvalue weighted by atomic mass is 19.1. The van der Waals surface area contributed by atoms with Crippen molar-refractivity contribution in [3.8, 4) is 5.82 Å². The van der Waals surface area contributed by atoms with Crippen LogP contribution in [-0.2, 0) is 0 Å². The third-order valence-electron chi connectivity index (χ3n) is 2.93. The van der Waals surface area contributed by atoms with Crippen molar-refractivity contribution < 1.29 is 4.39 Å². The van der Waals surface area contributed by atoms with E-state index in [-0.39, 0.29) is 11.9 Å². The van der Waals surface area contributed by atoms with Crippen LogP contribution in [-0.4, -0.2) is 14.5 Å². The summed E-state index contributed by atoms with van der Waals surface area (Å²) in [4.78, 5) is 8.72. The Labute approximate surface area is 109 Å². The Morgan fingerprint density at radius 1 is 1.26 bits per heavy atom. The number of benzene rings is 1. The second kappa shape index (κ2) is 4.44. The second-order valence-corrected chi connectivity index (χ2v) is 4.42. The molecule has 2 N–H and O–H groups in total. The predicted octanol–water partition coefficient (Wildman–Crippen LogP) is 2.58. The van der Waals surface area contributed by atoms with Crippen molar-refractivity contribution >= 4 is 11.0 Å². The molecule has 19 heavy (non-hydrogen) atoms.